The van der Waals surface area contributed by atoms with Crippen LogP contribution in [0.4, 0.5) is 4.39 Å². The fourth-order valence-corrected chi connectivity index (χ4v) is 1.67. The number of nitrogens with zero attached hydrogens (tertiary/aromatic N) is 1. The van der Waals surface area contributed by atoms with Gasteiger partial charge in [0.15, 0.2) is 11.6 Å². The van der Waals surface area contributed by atoms with E-state index in [9.17, 15) is 14.3 Å². The summed E-state index contributed by atoms with van der Waals surface area (Å²) in [6.07, 6.45) is 0. The maximum Gasteiger partial charge on any atom is 0.253 e. The van der Waals surface area contributed by atoms with Crippen molar-refractivity contribution in [1.82, 2.24) is 4.90 Å². The first-order valence-electron chi connectivity index (χ1n) is 5.56. The number of hydrogen-bond donors (Lipinski definition) is 1. The number of carbonyl (C=O) groups is 1. The van der Waals surface area contributed by atoms with Gasteiger partial charge in [-0.3, -0.25) is 4.79 Å². The molecule has 5 heteroatoms. The minimum Gasteiger partial charge on any atom is -0.494 e. The van der Waals surface area contributed by atoms with Gasteiger partial charge in [0.2, 0.25) is 0 Å². The van der Waals surface area contributed by atoms with E-state index in [1.165, 1.54) is 30.2 Å². The quantitative estimate of drug-likeness (QED) is 0.890. The van der Waals surface area contributed by atoms with Crippen molar-refractivity contribution in [1.29, 1.82) is 0 Å². The highest BCUT2D eigenvalue weighted by Crippen LogP contribution is 2.19. The first kappa shape index (κ1) is 14.4. The Hall–Kier alpha value is -1.62. The molecule has 0 atom stereocenters. The number of amides is 1. The molecule has 4 nitrogen and oxygen atoms in total. The Labute approximate surface area is 106 Å². The molecule has 0 radical (unpaired) electrons. The monoisotopic (exact) mass is 255 g/mol. The predicted octanol–water partition coefficient (Wildman–Crippen LogP) is 1.68. The van der Waals surface area contributed by atoms with Gasteiger partial charge in [-0.25, -0.2) is 4.39 Å². The van der Waals surface area contributed by atoms with Crippen LogP contribution in [-0.4, -0.2) is 42.2 Å². The highest BCUT2D eigenvalue weighted by Gasteiger charge is 2.21. The summed E-state index contributed by atoms with van der Waals surface area (Å²) >= 11 is 0. The van der Waals surface area contributed by atoms with Gasteiger partial charge in [0, 0.05) is 19.2 Å². The molecule has 0 unspecified atom stereocenters. The van der Waals surface area contributed by atoms with Crippen LogP contribution in [0.15, 0.2) is 18.2 Å². The number of halogens is 1. The van der Waals surface area contributed by atoms with Gasteiger partial charge in [-0.2, -0.15) is 0 Å². The molecular formula is C13H18FNO3. The lowest BCUT2D eigenvalue weighted by Gasteiger charge is -2.25. The second kappa shape index (κ2) is 5.35. The minimum atomic E-state index is -0.978. The molecular weight excluding hydrogens is 237 g/mol. The molecule has 0 fully saturated rings. The van der Waals surface area contributed by atoms with Gasteiger partial charge < -0.3 is 14.7 Å². The molecule has 1 aromatic carbocycles. The maximum atomic E-state index is 13.2. The van der Waals surface area contributed by atoms with Gasteiger partial charge in [-0.15, -0.1) is 0 Å². The molecule has 0 aliphatic rings. The molecule has 0 saturated carbocycles. The van der Waals surface area contributed by atoms with Crippen LogP contribution < -0.4 is 4.74 Å². The van der Waals surface area contributed by atoms with E-state index in [2.05, 4.69) is 0 Å². The Morgan fingerprint density at radius 3 is 2.61 bits per heavy atom. The van der Waals surface area contributed by atoms with Gasteiger partial charge in [0.25, 0.3) is 5.91 Å². The zero-order valence-electron chi connectivity index (χ0n) is 11.0. The number of rotatable bonds is 4. The van der Waals surface area contributed by atoms with Gasteiger partial charge >= 0.3 is 0 Å². The Kier molecular flexibility index (Phi) is 4.29. The second-order valence-electron chi connectivity index (χ2n) is 4.82. The van der Waals surface area contributed by atoms with Crippen LogP contribution in [0.25, 0.3) is 0 Å². The summed E-state index contributed by atoms with van der Waals surface area (Å²) in [7, 11) is 2.92. The zero-order chi connectivity index (χ0) is 13.9. The van der Waals surface area contributed by atoms with Crippen LogP contribution in [0.2, 0.25) is 0 Å². The van der Waals surface area contributed by atoms with Crippen LogP contribution in [0.5, 0.6) is 5.75 Å². The molecule has 1 rings (SSSR count). The third-order valence-electron chi connectivity index (χ3n) is 2.37. The summed E-state index contributed by atoms with van der Waals surface area (Å²) in [5.41, 5.74) is -0.658. The zero-order valence-corrected chi connectivity index (χ0v) is 11.0. The smallest absolute Gasteiger partial charge is 0.253 e. The predicted molar refractivity (Wildman–Crippen MR) is 66.2 cm³/mol. The van der Waals surface area contributed by atoms with Crippen molar-refractivity contribution in [2.24, 2.45) is 0 Å². The van der Waals surface area contributed by atoms with E-state index in [0.717, 1.165) is 0 Å². The molecule has 0 aliphatic heterocycles. The van der Waals surface area contributed by atoms with E-state index < -0.39 is 11.4 Å². The second-order valence-corrected chi connectivity index (χ2v) is 4.82. The first-order valence-corrected chi connectivity index (χ1v) is 5.56. The third-order valence-corrected chi connectivity index (χ3v) is 2.37. The van der Waals surface area contributed by atoms with E-state index in [1.54, 1.807) is 20.9 Å². The third kappa shape index (κ3) is 3.70. The van der Waals surface area contributed by atoms with Gasteiger partial charge in [-0.1, -0.05) is 0 Å². The molecule has 18 heavy (non-hydrogen) atoms. The largest absolute Gasteiger partial charge is 0.494 e. The Morgan fingerprint density at radius 1 is 1.50 bits per heavy atom. The Balaban J connectivity index is 2.90. The van der Waals surface area contributed by atoms with Crippen molar-refractivity contribution in [3.05, 3.63) is 29.6 Å². The Morgan fingerprint density at radius 2 is 2.11 bits per heavy atom. The average Bonchev–Trinajstić information content (AvgIpc) is 2.26. The summed E-state index contributed by atoms with van der Waals surface area (Å²) in [5, 5.41) is 9.65. The number of hydrogen-bond acceptors (Lipinski definition) is 3. The van der Waals surface area contributed by atoms with Crippen molar-refractivity contribution in [2.45, 2.75) is 19.4 Å². The average molecular weight is 255 g/mol. The summed E-state index contributed by atoms with van der Waals surface area (Å²) in [5.74, 6) is -0.785. The standard InChI is InChI=1S/C13H18FNO3/c1-13(2,17)8-15(3)12(16)9-5-6-10(14)11(7-9)18-4/h5-7,17H,8H2,1-4H3. The van der Waals surface area contributed by atoms with Crippen LogP contribution in [0.1, 0.15) is 24.2 Å². The number of carbonyl (C=O) groups excluding carboxylic acids is 1. The van der Waals surface area contributed by atoms with Crippen molar-refractivity contribution >= 4 is 5.91 Å². The number of ether oxygens (including phenoxy) is 1. The van der Waals surface area contributed by atoms with Gasteiger partial charge in [0.1, 0.15) is 0 Å². The van der Waals surface area contributed by atoms with Gasteiger partial charge in [-0.05, 0) is 32.0 Å². The van der Waals surface area contributed by atoms with Crippen LogP contribution >= 0.6 is 0 Å². The summed E-state index contributed by atoms with van der Waals surface area (Å²) in [4.78, 5) is 13.4. The SMILES string of the molecule is COc1cc(C(=O)N(C)CC(C)(C)O)ccc1F. The van der Waals surface area contributed by atoms with Crippen molar-refractivity contribution in [3.63, 3.8) is 0 Å². The van der Waals surface area contributed by atoms with Crippen molar-refractivity contribution < 1.29 is 19.0 Å². The Bertz CT molecular complexity index is 440. The number of methoxy groups -OCH3 is 1. The fraction of sp³-hybridized carbons (Fsp3) is 0.462. The molecule has 0 heterocycles. The fourth-order valence-electron chi connectivity index (χ4n) is 1.67. The number of aliphatic hydroxyl groups is 1. The summed E-state index contributed by atoms with van der Waals surface area (Å²) in [6, 6.07) is 3.92. The molecule has 0 saturated heterocycles. The van der Waals surface area contributed by atoms with Crippen molar-refractivity contribution in [2.75, 3.05) is 20.7 Å². The molecule has 0 spiro atoms. The van der Waals surface area contributed by atoms with Crippen LogP contribution in [0, 0.1) is 5.82 Å². The summed E-state index contributed by atoms with van der Waals surface area (Å²) < 4.78 is 18.0. The molecule has 0 aliphatic carbocycles. The molecule has 100 valence electrons. The van der Waals surface area contributed by atoms with E-state index in [1.807, 2.05) is 0 Å². The number of likely N-dealkylation sites (N-methyl/N-ethyl adjacent to an activating group) is 1. The van der Waals surface area contributed by atoms with E-state index in [4.69, 9.17) is 4.74 Å². The lowest BCUT2D eigenvalue weighted by Crippen LogP contribution is -2.39. The maximum absolute atomic E-state index is 13.2. The minimum absolute atomic E-state index is 0.0255. The molecule has 0 aromatic heterocycles. The first-order chi connectivity index (χ1) is 8.24. The molecule has 1 aromatic rings. The molecule has 0 bridgehead atoms. The lowest BCUT2D eigenvalue weighted by molar-refractivity contribution is 0.0367. The van der Waals surface area contributed by atoms with Crippen LogP contribution in [-0.2, 0) is 0 Å². The number of benzene rings is 1. The van der Waals surface area contributed by atoms with E-state index in [-0.39, 0.29) is 18.2 Å². The van der Waals surface area contributed by atoms with Crippen LogP contribution in [0.3, 0.4) is 0 Å². The molecule has 1 N–H and O–H groups in total. The van der Waals surface area contributed by atoms with E-state index in [0.29, 0.717) is 5.56 Å². The highest BCUT2D eigenvalue weighted by atomic mass is 19.1. The highest BCUT2D eigenvalue weighted by molar-refractivity contribution is 5.94. The normalized spacial score (nSPS) is 11.2. The van der Waals surface area contributed by atoms with E-state index >= 15 is 0 Å². The summed E-state index contributed by atoms with van der Waals surface area (Å²) in [6.45, 7) is 3.41. The topological polar surface area (TPSA) is 49.8 Å². The lowest BCUT2D eigenvalue weighted by atomic mass is 10.1. The molecule has 1 amide bonds. The van der Waals surface area contributed by atoms with Gasteiger partial charge in [0.05, 0.1) is 12.7 Å². The van der Waals surface area contributed by atoms with Crippen molar-refractivity contribution in [3.8, 4) is 5.75 Å².